The molecule has 2 heterocycles. The number of halogens is 1. The number of hydrogen-bond acceptors (Lipinski definition) is 5. The van der Waals surface area contributed by atoms with E-state index in [2.05, 4.69) is 39.2 Å². The number of ether oxygens (including phenoxy) is 2. The van der Waals surface area contributed by atoms with Crippen molar-refractivity contribution in [3.63, 3.8) is 0 Å². The van der Waals surface area contributed by atoms with Gasteiger partial charge in [-0.15, -0.1) is 24.0 Å². The first-order valence-electron chi connectivity index (χ1n) is 10.0. The Morgan fingerprint density at radius 1 is 1.13 bits per heavy atom. The first-order valence-corrected chi connectivity index (χ1v) is 10.0. The van der Waals surface area contributed by atoms with Gasteiger partial charge in [-0.1, -0.05) is 19.1 Å². The summed E-state index contributed by atoms with van der Waals surface area (Å²) in [4.78, 5) is 11.4. The molecule has 0 saturated carbocycles. The molecule has 1 aromatic heterocycles. The molecule has 1 aliphatic heterocycles. The van der Waals surface area contributed by atoms with E-state index in [9.17, 15) is 0 Å². The summed E-state index contributed by atoms with van der Waals surface area (Å²) < 4.78 is 10.6. The first kappa shape index (κ1) is 24.0. The van der Waals surface area contributed by atoms with Gasteiger partial charge >= 0.3 is 0 Å². The topological polar surface area (TPSA) is 85.0 Å². The standard InChI is InChI=1S/C22H31N5O2.HI/c1-16-8-10-27(11-9-16)21-7-5-18(14-24-21)15-26-22(23)25-13-17-4-6-19(28-2)20(12-17)29-3;/h4-7,12,14,16H,8-11,13,15H2,1-3H3,(H3,23,25,26);1H. The highest BCUT2D eigenvalue weighted by Crippen LogP contribution is 2.27. The zero-order chi connectivity index (χ0) is 20.6. The molecule has 0 bridgehead atoms. The molecule has 0 spiro atoms. The second-order valence-corrected chi connectivity index (χ2v) is 7.44. The summed E-state index contributed by atoms with van der Waals surface area (Å²) in [6.07, 6.45) is 4.35. The molecule has 1 aliphatic rings. The minimum atomic E-state index is 0. The minimum Gasteiger partial charge on any atom is -0.493 e. The molecule has 1 fully saturated rings. The number of aliphatic imine (C=N–C) groups is 1. The SMILES string of the molecule is COc1ccc(CNC(N)=NCc2ccc(N3CCC(C)CC3)nc2)cc1OC.I. The van der Waals surface area contributed by atoms with Crippen LogP contribution in [0.4, 0.5) is 5.82 Å². The highest BCUT2D eigenvalue weighted by atomic mass is 127. The van der Waals surface area contributed by atoms with Crippen molar-refractivity contribution in [3.05, 3.63) is 47.7 Å². The fourth-order valence-electron chi connectivity index (χ4n) is 3.35. The van der Waals surface area contributed by atoms with Crippen molar-refractivity contribution < 1.29 is 9.47 Å². The number of anilines is 1. The Balaban J connectivity index is 0.00000320. The van der Waals surface area contributed by atoms with E-state index in [0.717, 1.165) is 36.0 Å². The van der Waals surface area contributed by atoms with Gasteiger partial charge in [0.15, 0.2) is 17.5 Å². The van der Waals surface area contributed by atoms with Crippen LogP contribution in [0.5, 0.6) is 11.5 Å². The lowest BCUT2D eigenvalue weighted by Crippen LogP contribution is -2.33. The molecule has 0 aliphatic carbocycles. The summed E-state index contributed by atoms with van der Waals surface area (Å²) in [5, 5.41) is 3.13. The Morgan fingerprint density at radius 3 is 2.47 bits per heavy atom. The Labute approximate surface area is 196 Å². The van der Waals surface area contributed by atoms with Crippen LogP contribution in [-0.2, 0) is 13.1 Å². The molecule has 0 atom stereocenters. The van der Waals surface area contributed by atoms with Gasteiger partial charge in [0.1, 0.15) is 5.82 Å². The number of nitrogens with zero attached hydrogens (tertiary/aromatic N) is 3. The molecule has 2 aromatic rings. The third-order valence-electron chi connectivity index (χ3n) is 5.27. The predicted molar refractivity (Wildman–Crippen MR) is 132 cm³/mol. The predicted octanol–water partition coefficient (Wildman–Crippen LogP) is 3.56. The normalized spacial score (nSPS) is 14.8. The highest BCUT2D eigenvalue weighted by molar-refractivity contribution is 14.0. The Kier molecular flexibility index (Phi) is 9.48. The molecule has 1 saturated heterocycles. The van der Waals surface area contributed by atoms with Crippen LogP contribution >= 0.6 is 24.0 Å². The lowest BCUT2D eigenvalue weighted by molar-refractivity contribution is 0.354. The fraction of sp³-hybridized carbons (Fsp3) is 0.455. The number of nitrogens with two attached hydrogens (primary N) is 1. The van der Waals surface area contributed by atoms with Gasteiger partial charge in [0, 0.05) is 25.8 Å². The van der Waals surface area contributed by atoms with Gasteiger partial charge < -0.3 is 25.4 Å². The van der Waals surface area contributed by atoms with Crippen LogP contribution in [0, 0.1) is 5.92 Å². The van der Waals surface area contributed by atoms with Crippen LogP contribution < -0.4 is 25.4 Å². The van der Waals surface area contributed by atoms with E-state index in [-0.39, 0.29) is 24.0 Å². The Hall–Kier alpha value is -2.23. The van der Waals surface area contributed by atoms with Gasteiger partial charge in [-0.25, -0.2) is 9.98 Å². The summed E-state index contributed by atoms with van der Waals surface area (Å²) in [7, 11) is 3.24. The smallest absolute Gasteiger partial charge is 0.189 e. The van der Waals surface area contributed by atoms with E-state index in [1.165, 1.54) is 12.8 Å². The van der Waals surface area contributed by atoms with Crippen molar-refractivity contribution in [3.8, 4) is 11.5 Å². The second kappa shape index (κ2) is 11.8. The monoisotopic (exact) mass is 525 g/mol. The zero-order valence-corrected chi connectivity index (χ0v) is 20.3. The van der Waals surface area contributed by atoms with E-state index < -0.39 is 0 Å². The van der Waals surface area contributed by atoms with Gasteiger partial charge in [-0.05, 0) is 48.1 Å². The van der Waals surface area contributed by atoms with Crippen molar-refractivity contribution in [1.82, 2.24) is 10.3 Å². The first-order chi connectivity index (χ1) is 14.1. The number of nitrogens with one attached hydrogen (secondary N) is 1. The number of guanidine groups is 1. The van der Waals surface area contributed by atoms with Crippen LogP contribution in [0.3, 0.4) is 0 Å². The van der Waals surface area contributed by atoms with Gasteiger partial charge in [0.2, 0.25) is 0 Å². The van der Waals surface area contributed by atoms with Crippen LogP contribution in [-0.4, -0.2) is 38.3 Å². The van der Waals surface area contributed by atoms with Crippen LogP contribution in [0.2, 0.25) is 0 Å². The van der Waals surface area contributed by atoms with Crippen LogP contribution in [0.25, 0.3) is 0 Å². The van der Waals surface area contributed by atoms with E-state index in [1.54, 1.807) is 14.2 Å². The van der Waals surface area contributed by atoms with Crippen molar-refractivity contribution in [2.75, 3.05) is 32.2 Å². The van der Waals surface area contributed by atoms with Crippen molar-refractivity contribution in [2.45, 2.75) is 32.9 Å². The molecule has 0 radical (unpaired) electrons. The molecule has 164 valence electrons. The molecule has 7 nitrogen and oxygen atoms in total. The molecular formula is C22H32IN5O2. The van der Waals surface area contributed by atoms with Crippen LogP contribution in [0.15, 0.2) is 41.5 Å². The van der Waals surface area contributed by atoms with E-state index in [1.807, 2.05) is 24.4 Å². The summed E-state index contributed by atoms with van der Waals surface area (Å²) in [6.45, 7) is 5.53. The maximum absolute atomic E-state index is 6.01. The number of aromatic nitrogens is 1. The number of pyridine rings is 1. The Bertz CT molecular complexity index is 821. The quantitative estimate of drug-likeness (QED) is 0.327. The summed E-state index contributed by atoms with van der Waals surface area (Å²) >= 11 is 0. The molecule has 0 amide bonds. The van der Waals surface area contributed by atoms with Crippen molar-refractivity contribution in [2.24, 2.45) is 16.6 Å². The molecule has 1 aromatic carbocycles. The van der Waals surface area contributed by atoms with Gasteiger partial charge in [-0.3, -0.25) is 0 Å². The Morgan fingerprint density at radius 2 is 1.83 bits per heavy atom. The zero-order valence-electron chi connectivity index (χ0n) is 17.9. The number of piperidine rings is 1. The molecule has 3 rings (SSSR count). The van der Waals surface area contributed by atoms with Gasteiger partial charge in [0.25, 0.3) is 0 Å². The average Bonchev–Trinajstić information content (AvgIpc) is 2.77. The van der Waals surface area contributed by atoms with E-state index in [0.29, 0.717) is 30.5 Å². The maximum Gasteiger partial charge on any atom is 0.189 e. The molecule has 3 N–H and O–H groups in total. The maximum atomic E-state index is 6.01. The lowest BCUT2D eigenvalue weighted by atomic mass is 9.99. The molecular weight excluding hydrogens is 493 g/mol. The summed E-state index contributed by atoms with van der Waals surface area (Å²) in [5.74, 6) is 3.65. The van der Waals surface area contributed by atoms with Crippen LogP contribution in [0.1, 0.15) is 30.9 Å². The number of benzene rings is 1. The third kappa shape index (κ3) is 6.65. The summed E-state index contributed by atoms with van der Waals surface area (Å²) in [5.41, 5.74) is 8.08. The van der Waals surface area contributed by atoms with Gasteiger partial charge in [-0.2, -0.15) is 0 Å². The fourth-order valence-corrected chi connectivity index (χ4v) is 3.35. The van der Waals surface area contributed by atoms with E-state index in [4.69, 9.17) is 15.2 Å². The third-order valence-corrected chi connectivity index (χ3v) is 5.27. The van der Waals surface area contributed by atoms with Crippen molar-refractivity contribution >= 4 is 35.8 Å². The largest absolute Gasteiger partial charge is 0.493 e. The molecule has 0 unspecified atom stereocenters. The number of rotatable bonds is 7. The van der Waals surface area contributed by atoms with Gasteiger partial charge in [0.05, 0.1) is 20.8 Å². The average molecular weight is 525 g/mol. The number of hydrogen-bond donors (Lipinski definition) is 2. The highest BCUT2D eigenvalue weighted by Gasteiger charge is 2.16. The van der Waals surface area contributed by atoms with E-state index >= 15 is 0 Å². The van der Waals surface area contributed by atoms with Crippen molar-refractivity contribution in [1.29, 1.82) is 0 Å². The lowest BCUT2D eigenvalue weighted by Gasteiger charge is -2.31. The minimum absolute atomic E-state index is 0. The second-order valence-electron chi connectivity index (χ2n) is 7.44. The summed E-state index contributed by atoms with van der Waals surface area (Å²) in [6, 6.07) is 9.91. The molecule has 30 heavy (non-hydrogen) atoms. The number of methoxy groups -OCH3 is 2. The molecule has 8 heteroatoms.